The third-order valence-electron chi connectivity index (χ3n) is 4.25. The fourth-order valence-electron chi connectivity index (χ4n) is 2.54. The van der Waals surface area contributed by atoms with E-state index in [-0.39, 0.29) is 12.1 Å². The SMILES string of the molecule is CCCC1(C(=O)O)CCN(C(=O)NCC(C)N(C)C)C1. The van der Waals surface area contributed by atoms with Crippen LogP contribution in [-0.2, 0) is 4.79 Å². The van der Waals surface area contributed by atoms with E-state index in [2.05, 4.69) is 5.32 Å². The van der Waals surface area contributed by atoms with E-state index in [0.29, 0.717) is 32.5 Å². The summed E-state index contributed by atoms with van der Waals surface area (Å²) in [6, 6.07) is 0.0966. The number of urea groups is 1. The number of likely N-dealkylation sites (tertiary alicyclic amines) is 1. The molecule has 1 rings (SSSR count). The molecule has 20 heavy (non-hydrogen) atoms. The molecule has 2 unspecified atom stereocenters. The average molecular weight is 285 g/mol. The molecule has 1 aliphatic rings. The zero-order valence-electron chi connectivity index (χ0n) is 13.0. The normalized spacial score (nSPS) is 23.9. The van der Waals surface area contributed by atoms with Crippen LogP contribution in [-0.4, -0.2) is 66.7 Å². The number of hydrogen-bond donors (Lipinski definition) is 2. The van der Waals surface area contributed by atoms with Gasteiger partial charge in [-0.3, -0.25) is 4.79 Å². The second kappa shape index (κ2) is 6.92. The standard InChI is InChI=1S/C14H27N3O3/c1-5-6-14(12(18)19)7-8-17(10-14)13(20)15-9-11(2)16(3)4/h11H,5-10H2,1-4H3,(H,15,20)(H,18,19). The Morgan fingerprint density at radius 3 is 2.60 bits per heavy atom. The van der Waals surface area contributed by atoms with Crippen molar-refractivity contribution in [3.05, 3.63) is 0 Å². The fourth-order valence-corrected chi connectivity index (χ4v) is 2.54. The highest BCUT2D eigenvalue weighted by atomic mass is 16.4. The Morgan fingerprint density at radius 1 is 1.45 bits per heavy atom. The Balaban J connectivity index is 2.54. The van der Waals surface area contributed by atoms with E-state index < -0.39 is 11.4 Å². The summed E-state index contributed by atoms with van der Waals surface area (Å²) < 4.78 is 0. The number of nitrogens with one attached hydrogen (secondary N) is 1. The minimum Gasteiger partial charge on any atom is -0.481 e. The number of carboxylic acids is 1. The minimum absolute atomic E-state index is 0.155. The largest absolute Gasteiger partial charge is 0.481 e. The van der Waals surface area contributed by atoms with Crippen molar-refractivity contribution in [1.82, 2.24) is 15.1 Å². The minimum atomic E-state index is -0.781. The van der Waals surface area contributed by atoms with Crippen LogP contribution in [0.2, 0.25) is 0 Å². The molecule has 0 saturated carbocycles. The van der Waals surface area contributed by atoms with Crippen LogP contribution in [0, 0.1) is 5.41 Å². The molecular formula is C14H27N3O3. The molecule has 0 aromatic heterocycles. The number of carbonyl (C=O) groups excluding carboxylic acids is 1. The van der Waals surface area contributed by atoms with E-state index >= 15 is 0 Å². The van der Waals surface area contributed by atoms with E-state index in [1.165, 1.54) is 0 Å². The van der Waals surface area contributed by atoms with Crippen molar-refractivity contribution in [1.29, 1.82) is 0 Å². The number of nitrogens with zero attached hydrogens (tertiary/aromatic N) is 2. The summed E-state index contributed by atoms with van der Waals surface area (Å²) >= 11 is 0. The lowest BCUT2D eigenvalue weighted by Crippen LogP contribution is -2.45. The first-order valence-electron chi connectivity index (χ1n) is 7.25. The van der Waals surface area contributed by atoms with Gasteiger partial charge in [0.05, 0.1) is 5.41 Å². The van der Waals surface area contributed by atoms with Gasteiger partial charge in [-0.2, -0.15) is 0 Å². The molecule has 6 heteroatoms. The number of rotatable bonds is 6. The van der Waals surface area contributed by atoms with Crippen molar-refractivity contribution in [2.75, 3.05) is 33.7 Å². The molecule has 2 N–H and O–H groups in total. The summed E-state index contributed by atoms with van der Waals surface area (Å²) in [7, 11) is 3.92. The molecule has 0 aliphatic carbocycles. The Morgan fingerprint density at radius 2 is 2.10 bits per heavy atom. The number of aliphatic carboxylic acids is 1. The lowest BCUT2D eigenvalue weighted by Gasteiger charge is -2.25. The van der Waals surface area contributed by atoms with Crippen LogP contribution in [0.15, 0.2) is 0 Å². The van der Waals surface area contributed by atoms with Gasteiger partial charge in [-0.25, -0.2) is 4.79 Å². The highest BCUT2D eigenvalue weighted by Gasteiger charge is 2.45. The Labute approximate surface area is 121 Å². The molecule has 0 bridgehead atoms. The maximum Gasteiger partial charge on any atom is 0.317 e. The lowest BCUT2D eigenvalue weighted by atomic mass is 9.83. The molecule has 1 saturated heterocycles. The van der Waals surface area contributed by atoms with E-state index in [4.69, 9.17) is 0 Å². The lowest BCUT2D eigenvalue weighted by molar-refractivity contribution is -0.148. The van der Waals surface area contributed by atoms with Gasteiger partial charge < -0.3 is 20.2 Å². The van der Waals surface area contributed by atoms with Gasteiger partial charge in [0.15, 0.2) is 0 Å². The molecule has 1 aliphatic heterocycles. The van der Waals surface area contributed by atoms with Crippen LogP contribution in [0.1, 0.15) is 33.1 Å². The third kappa shape index (κ3) is 3.85. The van der Waals surface area contributed by atoms with Gasteiger partial charge in [0.2, 0.25) is 0 Å². The number of carboxylic acid groups (broad SMARTS) is 1. The predicted octanol–water partition coefficient (Wildman–Crippen LogP) is 1.22. The van der Waals surface area contributed by atoms with Crippen molar-refractivity contribution in [3.8, 4) is 0 Å². The highest BCUT2D eigenvalue weighted by molar-refractivity contribution is 5.79. The number of carbonyl (C=O) groups is 2. The first-order chi connectivity index (χ1) is 9.32. The maximum absolute atomic E-state index is 12.1. The molecule has 116 valence electrons. The topological polar surface area (TPSA) is 72.9 Å². The summed E-state index contributed by atoms with van der Waals surface area (Å²) in [5.74, 6) is -0.781. The molecule has 0 spiro atoms. The smallest absolute Gasteiger partial charge is 0.317 e. The molecule has 6 nitrogen and oxygen atoms in total. The monoisotopic (exact) mass is 285 g/mol. The van der Waals surface area contributed by atoms with Crippen LogP contribution in [0.4, 0.5) is 4.79 Å². The van der Waals surface area contributed by atoms with E-state index in [1.54, 1.807) is 4.90 Å². The van der Waals surface area contributed by atoms with E-state index in [9.17, 15) is 14.7 Å². The first-order valence-corrected chi connectivity index (χ1v) is 7.25. The molecule has 0 aromatic carbocycles. The van der Waals surface area contributed by atoms with Crippen molar-refractivity contribution in [2.45, 2.75) is 39.2 Å². The molecular weight excluding hydrogens is 258 g/mol. The fraction of sp³-hybridized carbons (Fsp3) is 0.857. The summed E-state index contributed by atoms with van der Waals surface area (Å²) in [5, 5.41) is 12.3. The number of likely N-dealkylation sites (N-methyl/N-ethyl adjacent to an activating group) is 1. The first kappa shape index (κ1) is 16.8. The predicted molar refractivity (Wildman–Crippen MR) is 77.7 cm³/mol. The van der Waals surface area contributed by atoms with Gasteiger partial charge in [-0.15, -0.1) is 0 Å². The maximum atomic E-state index is 12.1. The number of hydrogen-bond acceptors (Lipinski definition) is 3. The van der Waals surface area contributed by atoms with E-state index in [0.717, 1.165) is 6.42 Å². The van der Waals surface area contributed by atoms with Gasteiger partial charge >= 0.3 is 12.0 Å². The molecule has 0 aromatic rings. The van der Waals surface area contributed by atoms with Crippen molar-refractivity contribution >= 4 is 12.0 Å². The van der Waals surface area contributed by atoms with Crippen LogP contribution < -0.4 is 5.32 Å². The summed E-state index contributed by atoms with van der Waals surface area (Å²) in [6.45, 7) is 5.41. The summed E-state index contributed by atoms with van der Waals surface area (Å²) in [4.78, 5) is 27.2. The zero-order valence-corrected chi connectivity index (χ0v) is 13.0. The second-order valence-corrected chi connectivity index (χ2v) is 6.01. The van der Waals surface area contributed by atoms with Gasteiger partial charge in [0, 0.05) is 25.7 Å². The van der Waals surface area contributed by atoms with Crippen LogP contribution in [0.3, 0.4) is 0 Å². The Kier molecular flexibility index (Phi) is 5.80. The molecule has 1 heterocycles. The van der Waals surface area contributed by atoms with Gasteiger partial charge in [0.1, 0.15) is 0 Å². The number of amides is 2. The summed E-state index contributed by atoms with van der Waals surface area (Å²) in [6.07, 6.45) is 1.99. The molecule has 0 radical (unpaired) electrons. The summed E-state index contributed by atoms with van der Waals surface area (Å²) in [5.41, 5.74) is -0.751. The van der Waals surface area contributed by atoms with Crippen LogP contribution in [0.25, 0.3) is 0 Å². The third-order valence-corrected chi connectivity index (χ3v) is 4.25. The zero-order chi connectivity index (χ0) is 15.3. The van der Waals surface area contributed by atoms with E-state index in [1.807, 2.05) is 32.8 Å². The molecule has 2 amide bonds. The van der Waals surface area contributed by atoms with Crippen molar-refractivity contribution in [3.63, 3.8) is 0 Å². The second-order valence-electron chi connectivity index (χ2n) is 6.01. The van der Waals surface area contributed by atoms with Gasteiger partial charge in [-0.1, -0.05) is 13.3 Å². The molecule has 1 fully saturated rings. The van der Waals surface area contributed by atoms with Crippen LogP contribution >= 0.6 is 0 Å². The van der Waals surface area contributed by atoms with Gasteiger partial charge in [-0.05, 0) is 33.9 Å². The average Bonchev–Trinajstić information content (AvgIpc) is 2.81. The molecule has 2 atom stereocenters. The van der Waals surface area contributed by atoms with Gasteiger partial charge in [0.25, 0.3) is 0 Å². The highest BCUT2D eigenvalue weighted by Crippen LogP contribution is 2.35. The van der Waals surface area contributed by atoms with Crippen molar-refractivity contribution < 1.29 is 14.7 Å². The Hall–Kier alpha value is -1.30. The van der Waals surface area contributed by atoms with Crippen LogP contribution in [0.5, 0.6) is 0 Å². The van der Waals surface area contributed by atoms with Crippen molar-refractivity contribution in [2.24, 2.45) is 5.41 Å². The Bertz CT molecular complexity index is 360. The quantitative estimate of drug-likeness (QED) is 0.769.